The van der Waals surface area contributed by atoms with E-state index in [1.807, 2.05) is 0 Å². The fourth-order valence-corrected chi connectivity index (χ4v) is 2.47. The Kier molecular flexibility index (Phi) is 4.85. The molecule has 0 spiro atoms. The fourth-order valence-electron chi connectivity index (χ4n) is 2.47. The van der Waals surface area contributed by atoms with Gasteiger partial charge in [-0.15, -0.1) is 0 Å². The van der Waals surface area contributed by atoms with Gasteiger partial charge in [0.1, 0.15) is 42.0 Å². The van der Waals surface area contributed by atoms with E-state index in [2.05, 4.69) is 9.97 Å². The number of aliphatic hydroxyl groups is 3. The second-order valence-corrected chi connectivity index (χ2v) is 5.31. The van der Waals surface area contributed by atoms with Gasteiger partial charge in [0.2, 0.25) is 11.8 Å². The summed E-state index contributed by atoms with van der Waals surface area (Å²) < 4.78 is 5.33. The number of carbonyl (C=O) groups excluding carboxylic acids is 2. The van der Waals surface area contributed by atoms with Crippen LogP contribution in [0.4, 0.5) is 5.82 Å². The van der Waals surface area contributed by atoms with E-state index >= 15 is 0 Å². The van der Waals surface area contributed by atoms with Crippen molar-refractivity contribution < 1.29 is 29.6 Å². The molecule has 1 saturated heterocycles. The quantitative estimate of drug-likeness (QED) is 0.278. The number of carbonyl (C=O) groups is 2. The van der Waals surface area contributed by atoms with E-state index < -0.39 is 48.8 Å². The maximum absolute atomic E-state index is 11.5. The molecule has 1 aromatic heterocycles. The van der Waals surface area contributed by atoms with Gasteiger partial charge < -0.3 is 42.2 Å². The van der Waals surface area contributed by atoms with E-state index in [1.54, 1.807) is 0 Å². The number of aromatic amines is 1. The van der Waals surface area contributed by atoms with Gasteiger partial charge in [-0.1, -0.05) is 0 Å². The van der Waals surface area contributed by atoms with Crippen molar-refractivity contribution in [3.63, 3.8) is 0 Å². The molecule has 0 bridgehead atoms. The summed E-state index contributed by atoms with van der Waals surface area (Å²) in [6, 6.07) is 0. The number of hydrogen-bond donors (Lipinski definition) is 7. The molecule has 11 nitrogen and oxygen atoms in total. The highest BCUT2D eigenvalue weighted by Gasteiger charge is 2.45. The first-order chi connectivity index (χ1) is 10.8. The predicted octanol–water partition coefficient (Wildman–Crippen LogP) is -3.41. The Morgan fingerprint density at radius 1 is 1.30 bits per heavy atom. The average molecular weight is 329 g/mol. The van der Waals surface area contributed by atoms with Crippen LogP contribution in [0.5, 0.6) is 0 Å². The summed E-state index contributed by atoms with van der Waals surface area (Å²) in [4.78, 5) is 29.1. The fraction of sp³-hybridized carbons (Fsp3) is 0.583. The van der Waals surface area contributed by atoms with E-state index in [4.69, 9.17) is 27.0 Å². The third kappa shape index (κ3) is 3.27. The SMILES string of the molecule is NC(=O)CC(C(N)=O)c1nc(N)c(C2O[C@H](CO)[C@@H](O)[C@H]2O)[nH]1. The number of H-pyrrole nitrogens is 1. The number of nitrogens with one attached hydrogen (secondary N) is 1. The largest absolute Gasteiger partial charge is 0.394 e. The normalized spacial score (nSPS) is 28.7. The molecule has 0 aromatic carbocycles. The highest BCUT2D eigenvalue weighted by molar-refractivity contribution is 5.87. The average Bonchev–Trinajstić information content (AvgIpc) is 2.98. The van der Waals surface area contributed by atoms with Crippen LogP contribution in [0.3, 0.4) is 0 Å². The minimum atomic E-state index is -1.36. The van der Waals surface area contributed by atoms with E-state index in [-0.39, 0.29) is 23.8 Å². The summed E-state index contributed by atoms with van der Waals surface area (Å²) in [5, 5.41) is 28.8. The van der Waals surface area contributed by atoms with Crippen molar-refractivity contribution in [1.82, 2.24) is 9.97 Å². The maximum atomic E-state index is 11.5. The lowest BCUT2D eigenvalue weighted by molar-refractivity contribution is -0.124. The topological polar surface area (TPSA) is 211 Å². The number of rotatable bonds is 6. The van der Waals surface area contributed by atoms with Gasteiger partial charge in [0.05, 0.1) is 12.3 Å². The Morgan fingerprint density at radius 3 is 2.43 bits per heavy atom. The highest BCUT2D eigenvalue weighted by Crippen LogP contribution is 2.36. The van der Waals surface area contributed by atoms with Crippen LogP contribution in [-0.2, 0) is 14.3 Å². The number of aliphatic hydroxyl groups excluding tert-OH is 3. The molecule has 5 atom stereocenters. The molecular weight excluding hydrogens is 310 g/mol. The summed E-state index contributed by atoms with van der Waals surface area (Å²) in [5.74, 6) is -2.78. The lowest BCUT2D eigenvalue weighted by Crippen LogP contribution is -2.32. The highest BCUT2D eigenvalue weighted by atomic mass is 16.6. The Hall–Kier alpha value is -2.21. The van der Waals surface area contributed by atoms with Crippen molar-refractivity contribution >= 4 is 17.6 Å². The Bertz CT molecular complexity index is 605. The number of amides is 2. The summed E-state index contributed by atoms with van der Waals surface area (Å²) in [6.07, 6.45) is -5.10. The standard InChI is InChI=1S/C12H19N5O6/c13-5(19)1-3(11(15)22)12-16-6(10(14)17-12)9-8(21)7(20)4(2-18)23-9/h3-4,7-9,18,20-21H,1-2,14H2,(H2,13,19)(H2,15,22)(H,16,17)/t3?,4-,7-,8-,9?/m1/s1. The van der Waals surface area contributed by atoms with Crippen molar-refractivity contribution in [1.29, 1.82) is 0 Å². The third-order valence-electron chi connectivity index (χ3n) is 3.69. The van der Waals surface area contributed by atoms with Crippen molar-refractivity contribution in [3.05, 3.63) is 11.5 Å². The van der Waals surface area contributed by atoms with Gasteiger partial charge in [-0.25, -0.2) is 4.98 Å². The first-order valence-electron chi connectivity index (χ1n) is 6.81. The van der Waals surface area contributed by atoms with Crippen molar-refractivity contribution in [2.75, 3.05) is 12.3 Å². The summed E-state index contributed by atoms with van der Waals surface area (Å²) in [7, 11) is 0. The van der Waals surface area contributed by atoms with Gasteiger partial charge in [-0.3, -0.25) is 9.59 Å². The Balaban J connectivity index is 2.31. The number of hydrogen-bond acceptors (Lipinski definition) is 8. The number of primary amides is 2. The molecule has 1 fully saturated rings. The molecule has 2 rings (SSSR count). The zero-order valence-corrected chi connectivity index (χ0v) is 12.0. The Morgan fingerprint density at radius 2 is 1.96 bits per heavy atom. The van der Waals surface area contributed by atoms with Crippen LogP contribution in [-0.4, -0.2) is 62.0 Å². The zero-order chi connectivity index (χ0) is 17.3. The summed E-state index contributed by atoms with van der Waals surface area (Å²) in [6.45, 7) is -0.499. The van der Waals surface area contributed by atoms with Crippen LogP contribution in [0.1, 0.15) is 30.0 Å². The van der Waals surface area contributed by atoms with Crippen LogP contribution in [0.2, 0.25) is 0 Å². The van der Waals surface area contributed by atoms with Crippen molar-refractivity contribution in [2.24, 2.45) is 11.5 Å². The second kappa shape index (κ2) is 6.50. The Labute approximate surface area is 130 Å². The zero-order valence-electron chi connectivity index (χ0n) is 12.0. The molecule has 2 amide bonds. The van der Waals surface area contributed by atoms with Crippen LogP contribution in [0.15, 0.2) is 0 Å². The molecule has 11 heteroatoms. The van der Waals surface area contributed by atoms with Crippen molar-refractivity contribution in [3.8, 4) is 0 Å². The molecular formula is C12H19N5O6. The molecule has 0 saturated carbocycles. The van der Waals surface area contributed by atoms with Gasteiger partial charge >= 0.3 is 0 Å². The minimum Gasteiger partial charge on any atom is -0.394 e. The lowest BCUT2D eigenvalue weighted by Gasteiger charge is -2.13. The molecule has 1 aliphatic heterocycles. The maximum Gasteiger partial charge on any atom is 0.228 e. The number of nitrogens with two attached hydrogens (primary N) is 3. The van der Waals surface area contributed by atoms with Crippen molar-refractivity contribution in [2.45, 2.75) is 36.8 Å². The smallest absolute Gasteiger partial charge is 0.228 e. The molecule has 128 valence electrons. The number of anilines is 1. The molecule has 2 heterocycles. The van der Waals surface area contributed by atoms with Crippen LogP contribution in [0.25, 0.3) is 0 Å². The summed E-state index contributed by atoms with van der Waals surface area (Å²) in [5.41, 5.74) is 16.1. The van der Waals surface area contributed by atoms with Gasteiger partial charge in [0.15, 0.2) is 0 Å². The first kappa shape index (κ1) is 17.1. The van der Waals surface area contributed by atoms with Gasteiger partial charge in [0, 0.05) is 6.42 Å². The van der Waals surface area contributed by atoms with E-state index in [9.17, 15) is 19.8 Å². The van der Waals surface area contributed by atoms with Crippen LogP contribution < -0.4 is 17.2 Å². The number of nitrogen functional groups attached to an aromatic ring is 1. The molecule has 1 aromatic rings. The number of imidazole rings is 1. The van der Waals surface area contributed by atoms with Gasteiger partial charge in [-0.2, -0.15) is 0 Å². The first-order valence-corrected chi connectivity index (χ1v) is 6.81. The van der Waals surface area contributed by atoms with E-state index in [1.165, 1.54) is 0 Å². The van der Waals surface area contributed by atoms with Crippen LogP contribution in [0, 0.1) is 0 Å². The second-order valence-electron chi connectivity index (χ2n) is 5.31. The molecule has 1 aliphatic rings. The summed E-state index contributed by atoms with van der Waals surface area (Å²) >= 11 is 0. The number of nitrogens with zero attached hydrogens (tertiary/aromatic N) is 1. The minimum absolute atomic E-state index is 0.00142. The number of ether oxygens (including phenoxy) is 1. The van der Waals surface area contributed by atoms with E-state index in [0.717, 1.165) is 0 Å². The lowest BCUT2D eigenvalue weighted by atomic mass is 10.0. The number of aromatic nitrogens is 2. The molecule has 10 N–H and O–H groups in total. The molecule has 23 heavy (non-hydrogen) atoms. The van der Waals surface area contributed by atoms with Gasteiger partial charge in [-0.05, 0) is 0 Å². The third-order valence-corrected chi connectivity index (χ3v) is 3.69. The molecule has 0 aliphatic carbocycles. The van der Waals surface area contributed by atoms with Crippen LogP contribution >= 0.6 is 0 Å². The molecule has 0 radical (unpaired) electrons. The van der Waals surface area contributed by atoms with E-state index in [0.29, 0.717) is 0 Å². The predicted molar refractivity (Wildman–Crippen MR) is 75.5 cm³/mol. The monoisotopic (exact) mass is 329 g/mol. The molecule has 2 unspecified atom stereocenters. The van der Waals surface area contributed by atoms with Gasteiger partial charge in [0.25, 0.3) is 0 Å².